The van der Waals surface area contributed by atoms with Crippen LogP contribution >= 0.6 is 15.9 Å². The van der Waals surface area contributed by atoms with E-state index in [4.69, 9.17) is 5.73 Å². The summed E-state index contributed by atoms with van der Waals surface area (Å²) < 4.78 is 51.6. The molecule has 1 aromatic carbocycles. The van der Waals surface area contributed by atoms with Crippen LogP contribution in [0.3, 0.4) is 0 Å². The second-order valence-electron chi connectivity index (χ2n) is 4.52. The summed E-state index contributed by atoms with van der Waals surface area (Å²) in [6.07, 6.45) is -3.56. The first kappa shape index (κ1) is 15.9. The molecule has 7 heteroatoms. The molecule has 0 saturated heterocycles. The van der Waals surface area contributed by atoms with Crippen LogP contribution in [0, 0.1) is 5.82 Å². The van der Waals surface area contributed by atoms with Gasteiger partial charge in [0.1, 0.15) is 5.82 Å². The lowest BCUT2D eigenvalue weighted by Crippen LogP contribution is -2.16. The summed E-state index contributed by atoms with van der Waals surface area (Å²) in [6.45, 7) is 0. The number of nitrogens with two attached hydrogens (primary N) is 1. The van der Waals surface area contributed by atoms with Crippen LogP contribution in [0.25, 0.3) is 0 Å². The number of benzene rings is 1. The summed E-state index contributed by atoms with van der Waals surface area (Å²) in [5.41, 5.74) is 5.70. The molecule has 0 aliphatic heterocycles. The van der Waals surface area contributed by atoms with Gasteiger partial charge in [-0.3, -0.25) is 4.98 Å². The van der Waals surface area contributed by atoms with Crippen LogP contribution in [-0.2, 0) is 12.6 Å². The Morgan fingerprint density at radius 2 is 1.90 bits per heavy atom. The largest absolute Gasteiger partial charge is 0.417 e. The predicted octanol–water partition coefficient (Wildman–Crippen LogP) is 4.24. The van der Waals surface area contributed by atoms with Crippen molar-refractivity contribution in [3.63, 3.8) is 0 Å². The fourth-order valence-electron chi connectivity index (χ4n) is 1.82. The van der Waals surface area contributed by atoms with Gasteiger partial charge >= 0.3 is 6.18 Å². The van der Waals surface area contributed by atoms with Gasteiger partial charge in [-0.2, -0.15) is 13.2 Å². The molecule has 1 aromatic heterocycles. The molecule has 0 amide bonds. The van der Waals surface area contributed by atoms with E-state index < -0.39 is 23.6 Å². The van der Waals surface area contributed by atoms with Crippen molar-refractivity contribution < 1.29 is 17.6 Å². The second kappa shape index (κ2) is 6.11. The molecule has 1 heterocycles. The number of halogens is 5. The van der Waals surface area contributed by atoms with Crippen molar-refractivity contribution >= 4 is 15.9 Å². The molecule has 0 spiro atoms. The molecule has 2 nitrogen and oxygen atoms in total. The van der Waals surface area contributed by atoms with E-state index in [2.05, 4.69) is 20.9 Å². The molecular weight excluding hydrogens is 352 g/mol. The summed E-state index contributed by atoms with van der Waals surface area (Å²) in [6, 6.07) is 6.00. The fourth-order valence-corrected chi connectivity index (χ4v) is 2.15. The van der Waals surface area contributed by atoms with Crippen molar-refractivity contribution in [2.45, 2.75) is 18.6 Å². The van der Waals surface area contributed by atoms with Crippen LogP contribution in [0.1, 0.15) is 22.9 Å². The Morgan fingerprint density at radius 1 is 1.19 bits per heavy atom. The summed E-state index contributed by atoms with van der Waals surface area (Å²) in [5.74, 6) is -0.424. The number of pyridine rings is 1. The molecule has 2 aromatic rings. The second-order valence-corrected chi connectivity index (χ2v) is 5.43. The number of hydrogen-bond acceptors (Lipinski definition) is 2. The predicted molar refractivity (Wildman–Crippen MR) is 74.0 cm³/mol. The third-order valence-corrected chi connectivity index (χ3v) is 3.44. The topological polar surface area (TPSA) is 38.9 Å². The van der Waals surface area contributed by atoms with Gasteiger partial charge in [0.15, 0.2) is 0 Å². The average molecular weight is 363 g/mol. The maximum atomic E-state index is 13.7. The van der Waals surface area contributed by atoms with Gasteiger partial charge in [0.25, 0.3) is 0 Å². The third-order valence-electron chi connectivity index (χ3n) is 2.95. The minimum atomic E-state index is -4.44. The summed E-state index contributed by atoms with van der Waals surface area (Å²) in [5, 5.41) is 0. The highest BCUT2D eigenvalue weighted by Gasteiger charge is 2.30. The zero-order valence-corrected chi connectivity index (χ0v) is 12.2. The normalized spacial score (nSPS) is 13.2. The smallest absolute Gasteiger partial charge is 0.322 e. The Morgan fingerprint density at radius 3 is 2.43 bits per heavy atom. The maximum Gasteiger partial charge on any atom is 0.417 e. The Labute approximate surface area is 127 Å². The van der Waals surface area contributed by atoms with Gasteiger partial charge < -0.3 is 5.73 Å². The monoisotopic (exact) mass is 362 g/mol. The third kappa shape index (κ3) is 4.01. The minimum Gasteiger partial charge on any atom is -0.322 e. The zero-order valence-electron chi connectivity index (χ0n) is 10.7. The number of nitrogens with zero attached hydrogens (tertiary/aromatic N) is 1. The van der Waals surface area contributed by atoms with Crippen LogP contribution in [-0.4, -0.2) is 4.98 Å². The molecule has 1 atom stereocenters. The van der Waals surface area contributed by atoms with Gasteiger partial charge in [-0.25, -0.2) is 4.39 Å². The lowest BCUT2D eigenvalue weighted by molar-refractivity contribution is -0.137. The van der Waals surface area contributed by atoms with Crippen LogP contribution < -0.4 is 5.73 Å². The first-order valence-corrected chi connectivity index (χ1v) is 6.79. The lowest BCUT2D eigenvalue weighted by atomic mass is 10.0. The highest BCUT2D eigenvalue weighted by Crippen LogP contribution is 2.29. The van der Waals surface area contributed by atoms with Gasteiger partial charge in [0.2, 0.25) is 0 Å². The molecule has 0 fully saturated rings. The van der Waals surface area contributed by atoms with E-state index in [-0.39, 0.29) is 12.1 Å². The van der Waals surface area contributed by atoms with Gasteiger partial charge in [-0.15, -0.1) is 0 Å². The molecule has 0 saturated carbocycles. The van der Waals surface area contributed by atoms with Crippen LogP contribution in [0.4, 0.5) is 17.6 Å². The van der Waals surface area contributed by atoms with Crippen molar-refractivity contribution in [1.82, 2.24) is 4.98 Å². The summed E-state index contributed by atoms with van der Waals surface area (Å²) in [4.78, 5) is 3.71. The molecule has 1 unspecified atom stereocenters. The Bertz CT molecular complexity index is 626. The SMILES string of the molecule is NC(Cc1ccc(Br)cc1F)c1ccc(C(F)(F)F)cn1. The average Bonchev–Trinajstić information content (AvgIpc) is 2.41. The molecule has 2 N–H and O–H groups in total. The van der Waals surface area contributed by atoms with E-state index in [0.717, 1.165) is 12.3 Å². The van der Waals surface area contributed by atoms with Gasteiger partial charge in [-0.1, -0.05) is 22.0 Å². The Balaban J connectivity index is 2.15. The molecular formula is C14H11BrF4N2. The van der Waals surface area contributed by atoms with Crippen molar-refractivity contribution in [3.05, 3.63) is 63.6 Å². The summed E-state index contributed by atoms with van der Waals surface area (Å²) in [7, 11) is 0. The van der Waals surface area contributed by atoms with Gasteiger partial charge in [0.05, 0.1) is 17.3 Å². The van der Waals surface area contributed by atoms with E-state index >= 15 is 0 Å². The van der Waals surface area contributed by atoms with Crippen molar-refractivity contribution in [2.24, 2.45) is 5.73 Å². The number of hydrogen-bond donors (Lipinski definition) is 1. The minimum absolute atomic E-state index is 0.150. The van der Waals surface area contributed by atoms with E-state index in [1.54, 1.807) is 12.1 Å². The maximum absolute atomic E-state index is 13.7. The fraction of sp³-hybridized carbons (Fsp3) is 0.214. The number of aromatic nitrogens is 1. The van der Waals surface area contributed by atoms with Crippen molar-refractivity contribution in [3.8, 4) is 0 Å². The van der Waals surface area contributed by atoms with Crippen LogP contribution in [0.5, 0.6) is 0 Å². The van der Waals surface area contributed by atoms with Crippen LogP contribution in [0.2, 0.25) is 0 Å². The van der Waals surface area contributed by atoms with E-state index in [1.807, 2.05) is 0 Å². The molecule has 2 rings (SSSR count). The van der Waals surface area contributed by atoms with E-state index in [1.165, 1.54) is 12.1 Å². The summed E-state index contributed by atoms with van der Waals surface area (Å²) >= 11 is 3.14. The molecule has 0 aliphatic carbocycles. The highest BCUT2D eigenvalue weighted by molar-refractivity contribution is 9.10. The quantitative estimate of drug-likeness (QED) is 0.829. The molecule has 21 heavy (non-hydrogen) atoms. The highest BCUT2D eigenvalue weighted by atomic mass is 79.9. The number of rotatable bonds is 3. The molecule has 0 aliphatic rings. The van der Waals surface area contributed by atoms with Crippen LogP contribution in [0.15, 0.2) is 41.0 Å². The number of alkyl halides is 3. The Hall–Kier alpha value is -1.47. The standard InChI is InChI=1S/C14H11BrF4N2/c15-10-3-1-8(11(16)6-10)5-12(20)13-4-2-9(7-21-13)14(17,18)19/h1-4,6-7,12H,5,20H2. The van der Waals surface area contributed by atoms with Gasteiger partial charge in [0, 0.05) is 10.7 Å². The van der Waals surface area contributed by atoms with Crippen molar-refractivity contribution in [2.75, 3.05) is 0 Å². The first-order valence-electron chi connectivity index (χ1n) is 6.00. The Kier molecular flexibility index (Phi) is 4.63. The van der Waals surface area contributed by atoms with E-state index in [9.17, 15) is 17.6 Å². The zero-order chi connectivity index (χ0) is 15.6. The first-order chi connectivity index (χ1) is 9.77. The van der Waals surface area contributed by atoms with Crippen molar-refractivity contribution in [1.29, 1.82) is 0 Å². The molecule has 0 bridgehead atoms. The molecule has 112 valence electrons. The van der Waals surface area contributed by atoms with E-state index in [0.29, 0.717) is 10.0 Å². The lowest BCUT2D eigenvalue weighted by Gasteiger charge is -2.13. The van der Waals surface area contributed by atoms with Gasteiger partial charge in [-0.05, 0) is 36.2 Å². The molecule has 0 radical (unpaired) electrons.